The highest BCUT2D eigenvalue weighted by Crippen LogP contribution is 2.66. The summed E-state index contributed by atoms with van der Waals surface area (Å²) in [6, 6.07) is -0.865. The number of carbonyl (C=O) groups is 3. The number of nitrogens with one attached hydrogen (secondary N) is 2. The largest absolute Gasteiger partial charge is 0.446 e. The van der Waals surface area contributed by atoms with Gasteiger partial charge < -0.3 is 47.9 Å². The number of nitrogens with two attached hydrogens (primary N) is 4. The first-order valence-corrected chi connectivity index (χ1v) is 25.6. The lowest BCUT2D eigenvalue weighted by Gasteiger charge is -2.58. The molecule has 8 atom stereocenters. The number of unbranched alkanes of at least 4 members (excludes halogenated alkanes) is 1. The summed E-state index contributed by atoms with van der Waals surface area (Å²) in [6.07, 6.45) is 17.5. The monoisotopic (exact) mass is 892 g/mol. The second kappa shape index (κ2) is 23.6. The molecule has 0 aromatic carbocycles. The molecule has 0 bridgehead atoms. The minimum Gasteiger partial charge on any atom is -0.446 e. The second-order valence-electron chi connectivity index (χ2n) is 19.9. The van der Waals surface area contributed by atoms with Crippen molar-refractivity contribution in [2.45, 2.75) is 156 Å². The Hall–Kier alpha value is -3.01. The van der Waals surface area contributed by atoms with E-state index in [-0.39, 0.29) is 41.2 Å². The number of carbonyl (C=O) groups excluding carboxylic acids is 3. The molecule has 0 aromatic heterocycles. The van der Waals surface area contributed by atoms with Gasteiger partial charge in [0.15, 0.2) is 11.9 Å². The van der Waals surface area contributed by atoms with Crippen molar-refractivity contribution in [3.63, 3.8) is 0 Å². The zero-order chi connectivity index (χ0) is 44.8. The molecule has 0 heterocycles. The molecule has 14 nitrogen and oxygen atoms in total. The fraction of sp³-hybridized carbons (Fsp3) is 0.844. The van der Waals surface area contributed by atoms with E-state index in [9.17, 15) is 14.4 Å². The Morgan fingerprint density at radius 1 is 0.902 bits per heavy atom. The Morgan fingerprint density at radius 2 is 1.59 bits per heavy atom. The average molecular weight is 892 g/mol. The maximum Gasteiger partial charge on any atom is 0.408 e. The molecule has 348 valence electrons. The Kier molecular flexibility index (Phi) is 19.6. The first-order chi connectivity index (χ1) is 28.8. The van der Waals surface area contributed by atoms with Crippen molar-refractivity contribution in [3.05, 3.63) is 11.6 Å². The molecule has 4 rings (SSSR count). The summed E-state index contributed by atoms with van der Waals surface area (Å²) in [4.78, 5) is 49.4. The molecule has 4 aliphatic rings. The summed E-state index contributed by atoms with van der Waals surface area (Å²) < 4.78 is 11.5. The molecule has 61 heavy (non-hydrogen) atoms. The Bertz CT molecular complexity index is 1510. The molecule has 8 unspecified atom stereocenters. The number of ether oxygens (including phenoxy) is 2. The first kappa shape index (κ1) is 50.6. The van der Waals surface area contributed by atoms with Crippen LogP contribution in [0, 0.1) is 40.4 Å². The number of fused-ring (bicyclic) bond motifs is 5. The van der Waals surface area contributed by atoms with Gasteiger partial charge >= 0.3 is 12.2 Å². The van der Waals surface area contributed by atoms with Crippen LogP contribution in [0.5, 0.6) is 0 Å². The third-order valence-corrected chi connectivity index (χ3v) is 16.4. The van der Waals surface area contributed by atoms with Crippen LogP contribution >= 0.6 is 21.6 Å². The van der Waals surface area contributed by atoms with E-state index in [0.717, 1.165) is 48.9 Å². The highest BCUT2D eigenvalue weighted by molar-refractivity contribution is 8.76. The number of hydrogen-bond acceptors (Lipinski definition) is 9. The lowest BCUT2D eigenvalue weighted by molar-refractivity contribution is -0.133. The maximum absolute atomic E-state index is 13.9. The van der Waals surface area contributed by atoms with Crippen LogP contribution in [0.3, 0.4) is 0 Å². The van der Waals surface area contributed by atoms with Crippen LogP contribution in [-0.4, -0.2) is 96.9 Å². The molecule has 0 spiro atoms. The number of aliphatic imine (C=N–C) groups is 2. The predicted molar refractivity (Wildman–Crippen MR) is 252 cm³/mol. The fourth-order valence-corrected chi connectivity index (χ4v) is 13.0. The number of nitrogens with zero attached hydrogens (tertiary/aromatic N) is 3. The Balaban J connectivity index is 1.24. The molecule has 0 aromatic rings. The van der Waals surface area contributed by atoms with Crippen molar-refractivity contribution in [3.8, 4) is 0 Å². The maximum atomic E-state index is 13.9. The van der Waals surface area contributed by atoms with Gasteiger partial charge in [-0.25, -0.2) is 9.59 Å². The van der Waals surface area contributed by atoms with E-state index >= 15 is 0 Å². The first-order valence-electron chi connectivity index (χ1n) is 23.1. The quantitative estimate of drug-likeness (QED) is 0.0208. The topological polar surface area (TPSA) is 226 Å². The molecule has 3 fully saturated rings. The molecule has 16 heteroatoms. The van der Waals surface area contributed by atoms with Crippen LogP contribution in [0.2, 0.25) is 0 Å². The minimum absolute atomic E-state index is 0.0194. The van der Waals surface area contributed by atoms with Crippen molar-refractivity contribution < 1.29 is 23.9 Å². The molecule has 10 N–H and O–H groups in total. The van der Waals surface area contributed by atoms with Crippen molar-refractivity contribution in [1.82, 2.24) is 15.5 Å². The smallest absolute Gasteiger partial charge is 0.408 e. The highest BCUT2D eigenvalue weighted by Gasteiger charge is 2.58. The summed E-state index contributed by atoms with van der Waals surface area (Å²) in [6.45, 7) is 17.0. The molecular formula is C45H81N9O5S2. The van der Waals surface area contributed by atoms with Gasteiger partial charge in [-0.3, -0.25) is 14.8 Å². The van der Waals surface area contributed by atoms with Crippen molar-refractivity contribution in [2.24, 2.45) is 73.3 Å². The van der Waals surface area contributed by atoms with E-state index in [0.29, 0.717) is 56.7 Å². The van der Waals surface area contributed by atoms with Gasteiger partial charge in [-0.15, -0.1) is 0 Å². The standard InChI is InChI=1S/C45H81N9O5S2/c1-30(2)12-8-9-13-31-15-17-35-34-16-14-32-28-33(18-20-45(32,7)36(34)19-21-44(31,35)6)58-41(56)52-24-27-60-61-29-37(53-42(57)59-43(3,4)5)38(55)54(25-10-22-50-39(46)47)26-11-23-51-40(48)49/h14,30-31,33-37H,8-13,15-29H2,1-7H3,(H,52,56)(H,53,57)(H4,46,47,50)(H4,48,49,51). The SMILES string of the molecule is CC(C)CCCCC1CCC2C3CC=C4CC(OC(=O)NCCSSCC(NC(=O)OC(C)(C)C)C(=O)N(CCCN=C(N)N)CCCN=C(N)N)CCC4(C)C3CCC12C. The number of guanidine groups is 2. The van der Waals surface area contributed by atoms with Crippen molar-refractivity contribution in [2.75, 3.05) is 44.2 Å². The summed E-state index contributed by atoms with van der Waals surface area (Å²) in [7, 11) is 2.95. The van der Waals surface area contributed by atoms with Crippen molar-refractivity contribution in [1.29, 1.82) is 0 Å². The van der Waals surface area contributed by atoms with Gasteiger partial charge in [0.05, 0.1) is 0 Å². The van der Waals surface area contributed by atoms with Crippen LogP contribution in [0.25, 0.3) is 0 Å². The van der Waals surface area contributed by atoms with Gasteiger partial charge in [-0.05, 0) is 125 Å². The number of alkyl carbamates (subject to hydrolysis) is 2. The second-order valence-corrected chi connectivity index (χ2v) is 22.5. The van der Waals surface area contributed by atoms with Crippen molar-refractivity contribution >= 4 is 51.6 Å². The van der Waals surface area contributed by atoms with Gasteiger partial charge in [0.2, 0.25) is 5.91 Å². The van der Waals surface area contributed by atoms with E-state index in [4.69, 9.17) is 32.4 Å². The Labute approximate surface area is 374 Å². The van der Waals surface area contributed by atoms with E-state index in [1.807, 2.05) is 0 Å². The fourth-order valence-electron chi connectivity index (χ4n) is 10.9. The molecular weight excluding hydrogens is 811 g/mol. The lowest BCUT2D eigenvalue weighted by Crippen LogP contribution is -2.51. The van der Waals surface area contributed by atoms with Crippen LogP contribution in [0.15, 0.2) is 21.6 Å². The van der Waals surface area contributed by atoms with Crippen LogP contribution in [0.4, 0.5) is 9.59 Å². The lowest BCUT2D eigenvalue weighted by atomic mass is 9.47. The third kappa shape index (κ3) is 15.3. The summed E-state index contributed by atoms with van der Waals surface area (Å²) >= 11 is 0. The van der Waals surface area contributed by atoms with Gasteiger partial charge in [0.1, 0.15) is 17.7 Å². The van der Waals surface area contributed by atoms with E-state index in [1.54, 1.807) is 25.7 Å². The van der Waals surface area contributed by atoms with Gasteiger partial charge in [0, 0.05) is 50.7 Å². The molecule has 3 amide bonds. The number of hydrogen-bond donors (Lipinski definition) is 6. The van der Waals surface area contributed by atoms with E-state index in [1.165, 1.54) is 84.9 Å². The van der Waals surface area contributed by atoms with Crippen LogP contribution in [-0.2, 0) is 14.3 Å². The van der Waals surface area contributed by atoms with E-state index in [2.05, 4.69) is 54.4 Å². The predicted octanol–water partition coefficient (Wildman–Crippen LogP) is 7.31. The molecule has 3 saturated carbocycles. The molecule has 4 aliphatic carbocycles. The summed E-state index contributed by atoms with van der Waals surface area (Å²) in [5.74, 6) is 4.62. The minimum atomic E-state index is -0.865. The van der Waals surface area contributed by atoms with E-state index < -0.39 is 17.7 Å². The molecule has 0 aliphatic heterocycles. The normalized spacial score (nSPS) is 27.3. The molecule has 0 radical (unpaired) electrons. The highest BCUT2D eigenvalue weighted by atomic mass is 33.1. The van der Waals surface area contributed by atoms with Gasteiger partial charge in [0.25, 0.3) is 0 Å². The molecule has 0 saturated heterocycles. The summed E-state index contributed by atoms with van der Waals surface area (Å²) in [5.41, 5.74) is 23.4. The van der Waals surface area contributed by atoms with Crippen LogP contribution < -0.4 is 33.6 Å². The zero-order valence-corrected chi connectivity index (χ0v) is 40.1. The van der Waals surface area contributed by atoms with Crippen LogP contribution in [0.1, 0.15) is 138 Å². The average Bonchev–Trinajstić information content (AvgIpc) is 3.51. The number of allylic oxidation sites excluding steroid dienone is 1. The number of rotatable bonds is 22. The Morgan fingerprint density at radius 3 is 2.23 bits per heavy atom. The van der Waals surface area contributed by atoms with Gasteiger partial charge in [-0.2, -0.15) is 0 Å². The zero-order valence-electron chi connectivity index (χ0n) is 38.5. The third-order valence-electron chi connectivity index (χ3n) is 13.9. The summed E-state index contributed by atoms with van der Waals surface area (Å²) in [5, 5.41) is 5.71. The number of amides is 3. The van der Waals surface area contributed by atoms with Gasteiger partial charge in [-0.1, -0.05) is 80.2 Å².